The third kappa shape index (κ3) is 4.78. The standard InChI is InChI=1S/C12H18N2O4S/c1-18-11-9(5-3-6-10(11)13)12(15)14-7-4-8-19(2,16)17/h3,5-6H,4,7-8,13H2,1-2H3,(H,14,15). The summed E-state index contributed by atoms with van der Waals surface area (Å²) in [6, 6.07) is 4.89. The van der Waals surface area contributed by atoms with Crippen molar-refractivity contribution >= 4 is 21.4 Å². The average Bonchev–Trinajstić information content (AvgIpc) is 2.33. The first-order valence-electron chi connectivity index (χ1n) is 5.73. The van der Waals surface area contributed by atoms with Crippen LogP contribution in [0.3, 0.4) is 0 Å². The number of benzene rings is 1. The Morgan fingerprint density at radius 3 is 2.68 bits per heavy atom. The topological polar surface area (TPSA) is 98.5 Å². The molecule has 1 amide bonds. The number of nitrogen functional groups attached to an aromatic ring is 1. The molecule has 1 aromatic rings. The number of para-hydroxylation sites is 1. The first kappa shape index (κ1) is 15.3. The van der Waals surface area contributed by atoms with Crippen LogP contribution < -0.4 is 15.8 Å². The molecule has 0 atom stereocenters. The fourth-order valence-electron chi connectivity index (χ4n) is 1.59. The number of amides is 1. The summed E-state index contributed by atoms with van der Waals surface area (Å²) in [6.07, 6.45) is 1.53. The third-order valence-corrected chi connectivity index (χ3v) is 3.50. The van der Waals surface area contributed by atoms with Gasteiger partial charge >= 0.3 is 0 Å². The zero-order chi connectivity index (χ0) is 14.5. The summed E-state index contributed by atoms with van der Waals surface area (Å²) >= 11 is 0. The molecule has 7 heteroatoms. The van der Waals surface area contributed by atoms with E-state index in [1.807, 2.05) is 0 Å². The third-order valence-electron chi connectivity index (χ3n) is 2.47. The maximum atomic E-state index is 11.9. The van der Waals surface area contributed by atoms with E-state index < -0.39 is 9.84 Å². The van der Waals surface area contributed by atoms with Gasteiger partial charge in [0.2, 0.25) is 0 Å². The van der Waals surface area contributed by atoms with Gasteiger partial charge in [0.15, 0.2) is 5.75 Å². The Bertz CT molecular complexity index is 555. The van der Waals surface area contributed by atoms with Gasteiger partial charge in [-0.1, -0.05) is 6.07 Å². The highest BCUT2D eigenvalue weighted by atomic mass is 32.2. The number of nitrogens with one attached hydrogen (secondary N) is 1. The van der Waals surface area contributed by atoms with Crippen LogP contribution in [-0.2, 0) is 9.84 Å². The Labute approximate surface area is 112 Å². The molecular weight excluding hydrogens is 268 g/mol. The predicted octanol–water partition coefficient (Wildman–Crippen LogP) is 0.442. The quantitative estimate of drug-likeness (QED) is 0.584. The molecule has 0 radical (unpaired) electrons. The van der Waals surface area contributed by atoms with Crippen molar-refractivity contribution in [1.29, 1.82) is 0 Å². The van der Waals surface area contributed by atoms with E-state index in [0.717, 1.165) is 6.26 Å². The van der Waals surface area contributed by atoms with E-state index in [1.165, 1.54) is 7.11 Å². The van der Waals surface area contributed by atoms with Gasteiger partial charge in [0.05, 0.1) is 24.1 Å². The molecule has 3 N–H and O–H groups in total. The average molecular weight is 286 g/mol. The van der Waals surface area contributed by atoms with Crippen LogP contribution in [0.4, 0.5) is 5.69 Å². The second-order valence-corrected chi connectivity index (χ2v) is 6.43. The summed E-state index contributed by atoms with van der Waals surface area (Å²) in [7, 11) is -1.57. The number of anilines is 1. The Morgan fingerprint density at radius 1 is 1.42 bits per heavy atom. The number of nitrogens with two attached hydrogens (primary N) is 1. The Hall–Kier alpha value is -1.76. The van der Waals surface area contributed by atoms with Crippen molar-refractivity contribution in [1.82, 2.24) is 5.32 Å². The molecule has 0 aliphatic heterocycles. The van der Waals surface area contributed by atoms with Crippen LogP contribution in [0.25, 0.3) is 0 Å². The summed E-state index contributed by atoms with van der Waals surface area (Å²) in [6.45, 7) is 0.282. The first-order chi connectivity index (χ1) is 8.85. The van der Waals surface area contributed by atoms with Crippen LogP contribution in [-0.4, -0.2) is 40.0 Å². The molecule has 0 fully saturated rings. The first-order valence-corrected chi connectivity index (χ1v) is 7.79. The lowest BCUT2D eigenvalue weighted by Crippen LogP contribution is -2.26. The van der Waals surface area contributed by atoms with Crippen LogP contribution in [0, 0.1) is 0 Å². The van der Waals surface area contributed by atoms with Crippen LogP contribution in [0.15, 0.2) is 18.2 Å². The summed E-state index contributed by atoms with van der Waals surface area (Å²) in [5.41, 5.74) is 6.41. The van der Waals surface area contributed by atoms with Gasteiger partial charge < -0.3 is 15.8 Å². The molecule has 0 heterocycles. The van der Waals surface area contributed by atoms with Gasteiger partial charge in [-0.05, 0) is 18.6 Å². The van der Waals surface area contributed by atoms with Gasteiger partial charge in [-0.15, -0.1) is 0 Å². The molecule has 106 valence electrons. The number of carbonyl (C=O) groups is 1. The number of rotatable bonds is 6. The number of ether oxygens (including phenoxy) is 1. The lowest BCUT2D eigenvalue weighted by atomic mass is 10.1. The van der Waals surface area contributed by atoms with Crippen LogP contribution in [0.1, 0.15) is 16.8 Å². The van der Waals surface area contributed by atoms with Crippen LogP contribution in [0.5, 0.6) is 5.75 Å². The number of carbonyl (C=O) groups excluding carboxylic acids is 1. The molecule has 1 aromatic carbocycles. The summed E-state index contributed by atoms with van der Waals surface area (Å²) < 4.78 is 27.0. The Morgan fingerprint density at radius 2 is 2.11 bits per heavy atom. The normalized spacial score (nSPS) is 11.1. The minimum absolute atomic E-state index is 0.0430. The Balaban J connectivity index is 2.62. The fraction of sp³-hybridized carbons (Fsp3) is 0.417. The molecule has 0 aliphatic carbocycles. The lowest BCUT2D eigenvalue weighted by Gasteiger charge is -2.11. The van der Waals surface area contributed by atoms with E-state index in [4.69, 9.17) is 10.5 Å². The highest BCUT2D eigenvalue weighted by Crippen LogP contribution is 2.25. The smallest absolute Gasteiger partial charge is 0.255 e. The number of hydrogen-bond acceptors (Lipinski definition) is 5. The zero-order valence-corrected chi connectivity index (χ0v) is 11.8. The largest absolute Gasteiger partial charge is 0.494 e. The molecule has 0 bridgehead atoms. The van der Waals surface area contributed by atoms with Gasteiger partial charge in [0.1, 0.15) is 9.84 Å². The van der Waals surface area contributed by atoms with Crippen molar-refractivity contribution in [2.75, 3.05) is 31.4 Å². The second-order valence-electron chi connectivity index (χ2n) is 4.17. The van der Waals surface area contributed by atoms with E-state index >= 15 is 0 Å². The number of methoxy groups -OCH3 is 1. The molecule has 0 unspecified atom stereocenters. The highest BCUT2D eigenvalue weighted by Gasteiger charge is 2.13. The van der Waals surface area contributed by atoms with Gasteiger partial charge in [-0.25, -0.2) is 8.42 Å². The molecule has 0 saturated carbocycles. The number of hydrogen-bond donors (Lipinski definition) is 2. The molecule has 1 rings (SSSR count). The molecule has 6 nitrogen and oxygen atoms in total. The Kier molecular flexibility index (Phi) is 5.17. The van der Waals surface area contributed by atoms with Crippen molar-refractivity contribution in [3.05, 3.63) is 23.8 Å². The summed E-state index contributed by atoms with van der Waals surface area (Å²) in [4.78, 5) is 11.9. The molecular formula is C12H18N2O4S. The molecule has 19 heavy (non-hydrogen) atoms. The minimum atomic E-state index is -3.00. The van der Waals surface area contributed by atoms with E-state index in [2.05, 4.69) is 5.32 Å². The fourth-order valence-corrected chi connectivity index (χ4v) is 2.26. The SMILES string of the molecule is COc1c(N)cccc1C(=O)NCCCS(C)(=O)=O. The van der Waals surface area contributed by atoms with E-state index in [0.29, 0.717) is 23.4 Å². The predicted molar refractivity (Wildman–Crippen MR) is 74.1 cm³/mol. The molecule has 0 spiro atoms. The minimum Gasteiger partial charge on any atom is -0.494 e. The lowest BCUT2D eigenvalue weighted by molar-refractivity contribution is 0.0950. The van der Waals surface area contributed by atoms with Gasteiger partial charge in [-0.3, -0.25) is 4.79 Å². The van der Waals surface area contributed by atoms with E-state index in [1.54, 1.807) is 18.2 Å². The van der Waals surface area contributed by atoms with E-state index in [-0.39, 0.29) is 18.2 Å². The monoisotopic (exact) mass is 286 g/mol. The summed E-state index contributed by atoms with van der Waals surface area (Å²) in [5.74, 6) is 0.0298. The molecule has 0 saturated heterocycles. The van der Waals surface area contributed by atoms with Crippen molar-refractivity contribution < 1.29 is 17.9 Å². The molecule has 0 aromatic heterocycles. The highest BCUT2D eigenvalue weighted by molar-refractivity contribution is 7.90. The number of sulfone groups is 1. The van der Waals surface area contributed by atoms with Crippen molar-refractivity contribution in [3.8, 4) is 5.75 Å². The maximum Gasteiger partial charge on any atom is 0.255 e. The van der Waals surface area contributed by atoms with Crippen molar-refractivity contribution in [2.45, 2.75) is 6.42 Å². The van der Waals surface area contributed by atoms with Gasteiger partial charge in [-0.2, -0.15) is 0 Å². The maximum absolute atomic E-state index is 11.9. The van der Waals surface area contributed by atoms with Crippen LogP contribution >= 0.6 is 0 Å². The zero-order valence-electron chi connectivity index (χ0n) is 11.0. The summed E-state index contributed by atoms with van der Waals surface area (Å²) in [5, 5.41) is 2.63. The van der Waals surface area contributed by atoms with Crippen molar-refractivity contribution in [2.24, 2.45) is 0 Å². The second kappa shape index (κ2) is 6.42. The molecule has 0 aliphatic rings. The van der Waals surface area contributed by atoms with E-state index in [9.17, 15) is 13.2 Å². The van der Waals surface area contributed by atoms with Crippen LogP contribution in [0.2, 0.25) is 0 Å². The van der Waals surface area contributed by atoms with Gasteiger partial charge in [0.25, 0.3) is 5.91 Å². The van der Waals surface area contributed by atoms with Crippen molar-refractivity contribution in [3.63, 3.8) is 0 Å². The van der Waals surface area contributed by atoms with Gasteiger partial charge in [0, 0.05) is 12.8 Å².